The Balaban J connectivity index is 1.89. The smallest absolute Gasteiger partial charge is 0.224 e. The van der Waals surface area contributed by atoms with Crippen LogP contribution in [0.15, 0.2) is 30.3 Å². The molecule has 1 aliphatic rings. The van der Waals surface area contributed by atoms with Crippen LogP contribution in [0, 0.1) is 5.41 Å². The fourth-order valence-corrected chi connectivity index (χ4v) is 2.20. The Morgan fingerprint density at radius 1 is 1.31 bits per heavy atom. The van der Waals surface area contributed by atoms with Gasteiger partial charge in [-0.25, -0.2) is 0 Å². The van der Waals surface area contributed by atoms with Gasteiger partial charge >= 0.3 is 0 Å². The quantitative estimate of drug-likeness (QED) is 0.813. The van der Waals surface area contributed by atoms with E-state index < -0.39 is 0 Å². The zero-order valence-electron chi connectivity index (χ0n) is 9.41. The summed E-state index contributed by atoms with van der Waals surface area (Å²) in [5, 5.41) is 2.91. The Morgan fingerprint density at radius 3 is 2.50 bits per heavy atom. The monoisotopic (exact) mass is 218 g/mol. The van der Waals surface area contributed by atoms with E-state index in [2.05, 4.69) is 5.32 Å². The first-order valence-corrected chi connectivity index (χ1v) is 5.79. The first-order chi connectivity index (χ1) is 7.74. The molecule has 16 heavy (non-hydrogen) atoms. The van der Waals surface area contributed by atoms with Crippen molar-refractivity contribution in [3.8, 4) is 0 Å². The molecule has 0 aromatic heterocycles. The lowest BCUT2D eigenvalue weighted by atomic mass is 9.66. The van der Waals surface area contributed by atoms with Crippen LogP contribution in [0.2, 0.25) is 0 Å². The molecule has 1 saturated carbocycles. The number of carbonyl (C=O) groups is 1. The predicted octanol–water partition coefficient (Wildman–Crippen LogP) is 2.14. The fraction of sp³-hybridized carbons (Fsp3) is 0.462. The average molecular weight is 218 g/mol. The minimum absolute atomic E-state index is 0.0800. The molecular formula is C13H18N2O. The van der Waals surface area contributed by atoms with Crippen LogP contribution in [0.4, 0.5) is 5.69 Å². The molecule has 1 aromatic rings. The predicted molar refractivity (Wildman–Crippen MR) is 65.0 cm³/mol. The number of benzene rings is 1. The number of nitrogens with one attached hydrogen (secondary N) is 1. The summed E-state index contributed by atoms with van der Waals surface area (Å²) >= 11 is 0. The lowest BCUT2D eigenvalue weighted by Gasteiger charge is -2.40. The van der Waals surface area contributed by atoms with Crippen molar-refractivity contribution in [3.63, 3.8) is 0 Å². The number of hydrogen-bond acceptors (Lipinski definition) is 2. The average Bonchev–Trinajstić information content (AvgIpc) is 2.25. The Kier molecular flexibility index (Phi) is 3.25. The Hall–Kier alpha value is -1.35. The molecule has 3 nitrogen and oxygen atoms in total. The molecular weight excluding hydrogens is 200 g/mol. The van der Waals surface area contributed by atoms with Crippen molar-refractivity contribution in [3.05, 3.63) is 30.3 Å². The molecule has 1 fully saturated rings. The third-order valence-corrected chi connectivity index (χ3v) is 3.44. The summed E-state index contributed by atoms with van der Waals surface area (Å²) in [4.78, 5) is 11.8. The van der Waals surface area contributed by atoms with Crippen LogP contribution in [-0.2, 0) is 4.79 Å². The van der Waals surface area contributed by atoms with E-state index in [1.54, 1.807) is 0 Å². The van der Waals surface area contributed by atoms with Crippen molar-refractivity contribution in [1.29, 1.82) is 0 Å². The Labute approximate surface area is 96.0 Å². The Morgan fingerprint density at radius 2 is 2.00 bits per heavy atom. The van der Waals surface area contributed by atoms with Crippen molar-refractivity contribution in [2.45, 2.75) is 25.7 Å². The van der Waals surface area contributed by atoms with Crippen molar-refractivity contribution in [2.24, 2.45) is 11.1 Å². The normalized spacial score (nSPS) is 17.6. The number of anilines is 1. The van der Waals surface area contributed by atoms with Gasteiger partial charge in [-0.15, -0.1) is 0 Å². The molecule has 0 atom stereocenters. The summed E-state index contributed by atoms with van der Waals surface area (Å²) in [5.41, 5.74) is 6.67. The number of para-hydroxylation sites is 1. The van der Waals surface area contributed by atoms with E-state index in [-0.39, 0.29) is 11.3 Å². The molecule has 1 amide bonds. The fourth-order valence-electron chi connectivity index (χ4n) is 2.20. The molecule has 0 spiro atoms. The van der Waals surface area contributed by atoms with Crippen LogP contribution in [0.5, 0.6) is 0 Å². The van der Waals surface area contributed by atoms with E-state index >= 15 is 0 Å². The molecule has 1 aliphatic carbocycles. The maximum atomic E-state index is 11.8. The van der Waals surface area contributed by atoms with Crippen LogP contribution >= 0.6 is 0 Å². The van der Waals surface area contributed by atoms with Crippen molar-refractivity contribution in [1.82, 2.24) is 0 Å². The molecule has 0 unspecified atom stereocenters. The van der Waals surface area contributed by atoms with Crippen molar-refractivity contribution in [2.75, 3.05) is 11.9 Å². The lowest BCUT2D eigenvalue weighted by molar-refractivity contribution is -0.119. The molecule has 3 N–H and O–H groups in total. The second-order valence-electron chi connectivity index (χ2n) is 4.65. The summed E-state index contributed by atoms with van der Waals surface area (Å²) in [6.07, 6.45) is 3.94. The van der Waals surface area contributed by atoms with Gasteiger partial charge in [0.25, 0.3) is 0 Å². The molecule has 0 saturated heterocycles. The van der Waals surface area contributed by atoms with E-state index in [1.807, 2.05) is 30.3 Å². The zero-order valence-corrected chi connectivity index (χ0v) is 9.41. The van der Waals surface area contributed by atoms with Crippen LogP contribution in [0.25, 0.3) is 0 Å². The van der Waals surface area contributed by atoms with Gasteiger partial charge in [0.1, 0.15) is 0 Å². The van der Waals surface area contributed by atoms with Gasteiger partial charge < -0.3 is 11.1 Å². The summed E-state index contributed by atoms with van der Waals surface area (Å²) in [5.74, 6) is 0.0800. The van der Waals surface area contributed by atoms with E-state index in [9.17, 15) is 4.79 Å². The third-order valence-electron chi connectivity index (χ3n) is 3.44. The highest BCUT2D eigenvalue weighted by Gasteiger charge is 2.37. The van der Waals surface area contributed by atoms with E-state index in [0.717, 1.165) is 18.5 Å². The highest BCUT2D eigenvalue weighted by Crippen LogP contribution is 2.42. The standard InChI is InChI=1S/C13H18N2O/c14-10-13(7-4-8-13)9-12(16)15-11-5-2-1-3-6-11/h1-3,5-6H,4,7-10,14H2,(H,15,16). The number of nitrogens with two attached hydrogens (primary N) is 1. The molecule has 0 radical (unpaired) electrons. The van der Waals surface area contributed by atoms with E-state index in [0.29, 0.717) is 13.0 Å². The number of rotatable bonds is 4. The second-order valence-corrected chi connectivity index (χ2v) is 4.65. The summed E-state index contributed by atoms with van der Waals surface area (Å²) in [6, 6.07) is 9.56. The van der Waals surface area contributed by atoms with Crippen LogP contribution in [-0.4, -0.2) is 12.5 Å². The summed E-state index contributed by atoms with van der Waals surface area (Å²) in [7, 11) is 0. The highest BCUT2D eigenvalue weighted by molar-refractivity contribution is 5.91. The molecule has 86 valence electrons. The Bertz CT molecular complexity index is 352. The van der Waals surface area contributed by atoms with Gasteiger partial charge in [-0.2, -0.15) is 0 Å². The molecule has 1 aromatic carbocycles. The first-order valence-electron chi connectivity index (χ1n) is 5.79. The molecule has 0 heterocycles. The van der Waals surface area contributed by atoms with Gasteiger partial charge in [0, 0.05) is 12.1 Å². The van der Waals surface area contributed by atoms with Gasteiger partial charge in [-0.1, -0.05) is 24.6 Å². The SMILES string of the molecule is NCC1(CC(=O)Nc2ccccc2)CCC1. The largest absolute Gasteiger partial charge is 0.330 e. The molecule has 2 rings (SSSR count). The van der Waals surface area contributed by atoms with Crippen LogP contribution < -0.4 is 11.1 Å². The second kappa shape index (κ2) is 4.66. The maximum absolute atomic E-state index is 11.8. The van der Waals surface area contributed by atoms with Gasteiger partial charge in [0.05, 0.1) is 0 Å². The topological polar surface area (TPSA) is 55.1 Å². The van der Waals surface area contributed by atoms with E-state index in [4.69, 9.17) is 5.73 Å². The zero-order chi connectivity index (χ0) is 11.4. The minimum Gasteiger partial charge on any atom is -0.330 e. The van der Waals surface area contributed by atoms with Crippen molar-refractivity contribution < 1.29 is 4.79 Å². The van der Waals surface area contributed by atoms with Gasteiger partial charge in [0.2, 0.25) is 5.91 Å². The van der Waals surface area contributed by atoms with Gasteiger partial charge in [-0.3, -0.25) is 4.79 Å². The molecule has 3 heteroatoms. The van der Waals surface area contributed by atoms with Crippen LogP contribution in [0.3, 0.4) is 0 Å². The van der Waals surface area contributed by atoms with Crippen LogP contribution in [0.1, 0.15) is 25.7 Å². The van der Waals surface area contributed by atoms with E-state index in [1.165, 1.54) is 6.42 Å². The highest BCUT2D eigenvalue weighted by atomic mass is 16.1. The number of carbonyl (C=O) groups excluding carboxylic acids is 1. The van der Waals surface area contributed by atoms with Gasteiger partial charge in [0.15, 0.2) is 0 Å². The molecule has 0 aliphatic heterocycles. The lowest BCUT2D eigenvalue weighted by Crippen LogP contribution is -2.40. The maximum Gasteiger partial charge on any atom is 0.224 e. The first kappa shape index (κ1) is 11.1. The summed E-state index contributed by atoms with van der Waals surface area (Å²) < 4.78 is 0. The minimum atomic E-state index is 0.0800. The number of amides is 1. The van der Waals surface area contributed by atoms with Crippen molar-refractivity contribution >= 4 is 11.6 Å². The molecule has 0 bridgehead atoms. The summed E-state index contributed by atoms with van der Waals surface area (Å²) in [6.45, 7) is 0.620. The third kappa shape index (κ3) is 2.42. The number of hydrogen-bond donors (Lipinski definition) is 2. The van der Waals surface area contributed by atoms with Gasteiger partial charge in [-0.05, 0) is 36.9 Å².